The van der Waals surface area contributed by atoms with Crippen molar-refractivity contribution in [2.45, 2.75) is 172 Å². The Labute approximate surface area is 366 Å². The van der Waals surface area contributed by atoms with Gasteiger partial charge in [-0.25, -0.2) is 19.6 Å². The van der Waals surface area contributed by atoms with E-state index < -0.39 is 0 Å². The zero-order chi connectivity index (χ0) is 40.8. The van der Waals surface area contributed by atoms with Gasteiger partial charge in [-0.1, -0.05) is 65.2 Å². The van der Waals surface area contributed by atoms with Crippen molar-refractivity contribution in [3.63, 3.8) is 0 Å². The number of esters is 2. The first-order chi connectivity index (χ1) is 26.8. The first kappa shape index (κ1) is 51.5. The normalized spacial score (nSPS) is 15.3. The fourth-order valence-electron chi connectivity index (χ4n) is 8.97. The van der Waals surface area contributed by atoms with Crippen LogP contribution in [-0.2, 0) is 22.3 Å². The average Bonchev–Trinajstić information content (AvgIpc) is 3.83. The fourth-order valence-corrected chi connectivity index (χ4v) is 8.97. The summed E-state index contributed by atoms with van der Waals surface area (Å²) in [7, 11) is 0. The molecule has 6 heterocycles. The molecule has 0 saturated heterocycles. The van der Waals surface area contributed by atoms with Gasteiger partial charge in [0, 0.05) is 33.9 Å². The third kappa shape index (κ3) is 10.3. The first-order valence-electron chi connectivity index (χ1n) is 21.6. The lowest BCUT2D eigenvalue weighted by Crippen LogP contribution is -2.13. The molecule has 0 amide bonds. The zero-order valence-corrected chi connectivity index (χ0v) is 39.6. The molecule has 6 aliphatic heterocycles. The minimum atomic E-state index is -0.313. The summed E-state index contributed by atoms with van der Waals surface area (Å²) in [6.45, 7) is 26.3. The minimum Gasteiger partial charge on any atom is -0.461 e. The molecule has 6 rings (SSSR count). The molecule has 0 aromatic heterocycles. The Kier molecular flexibility index (Phi) is 19.9. The summed E-state index contributed by atoms with van der Waals surface area (Å²) < 4.78 is 15.5. The molecule has 0 saturated carbocycles. The van der Waals surface area contributed by atoms with Gasteiger partial charge in [-0.05, 0) is 140 Å². The summed E-state index contributed by atoms with van der Waals surface area (Å²) in [4.78, 5) is 34.2. The number of ether oxygens (including phenoxy) is 2. The summed E-state index contributed by atoms with van der Waals surface area (Å²) in [5.74, 6) is -0.626. The summed E-state index contributed by atoms with van der Waals surface area (Å²) in [5, 5.41) is 0. The van der Waals surface area contributed by atoms with Crippen LogP contribution in [0.15, 0.2) is 23.3 Å². The standard InChI is InChI=1S/2C24H34N2O2.2ClH.H2O/c2*1-7-9-10-11-12-13-20-22-17(5)23(24(27)28-8-2)25-19(22)14-21-16(4)15(3)18(6)26(20)21;;;/h2*14,18H,7-13H2,1-6H3;2*1H;1H2. The van der Waals surface area contributed by atoms with Crippen molar-refractivity contribution in [2.24, 2.45) is 0 Å². The monoisotopic (exact) mass is 854 g/mol. The van der Waals surface area contributed by atoms with Crippen LogP contribution < -0.4 is 0 Å². The van der Waals surface area contributed by atoms with Crippen molar-refractivity contribution in [2.75, 3.05) is 13.2 Å². The Morgan fingerprint density at radius 2 is 0.915 bits per heavy atom. The van der Waals surface area contributed by atoms with Crippen molar-refractivity contribution >= 4 is 47.9 Å². The molecule has 328 valence electrons. The molecule has 6 aliphatic rings. The molecule has 0 spiro atoms. The van der Waals surface area contributed by atoms with E-state index in [9.17, 15) is 9.59 Å². The maximum absolute atomic E-state index is 12.4. The molecule has 9 nitrogen and oxygen atoms in total. The van der Waals surface area contributed by atoms with E-state index in [0.29, 0.717) is 36.7 Å². The van der Waals surface area contributed by atoms with Crippen molar-refractivity contribution in [1.29, 1.82) is 0 Å². The minimum absolute atomic E-state index is 0. The van der Waals surface area contributed by atoms with Gasteiger partial charge in [0.25, 0.3) is 0 Å². The fraction of sp³-hybridized carbons (Fsp3) is 0.583. The molecule has 0 fully saturated rings. The van der Waals surface area contributed by atoms with E-state index in [2.05, 4.69) is 76.7 Å². The van der Waals surface area contributed by atoms with Gasteiger partial charge in [0.2, 0.25) is 0 Å². The number of allylic oxidation sites excluding steroid dienone is 4. The number of carbonyl (C=O) groups excluding carboxylic acids is 2. The summed E-state index contributed by atoms with van der Waals surface area (Å²) in [5.41, 5.74) is 17.7. The second-order valence-electron chi connectivity index (χ2n) is 16.1. The van der Waals surface area contributed by atoms with Gasteiger partial charge < -0.3 is 24.1 Å². The Hall–Kier alpha value is -3.66. The highest BCUT2D eigenvalue weighted by molar-refractivity contribution is 5.95. The van der Waals surface area contributed by atoms with Gasteiger partial charge in [0.1, 0.15) is 0 Å². The zero-order valence-electron chi connectivity index (χ0n) is 37.9. The van der Waals surface area contributed by atoms with Crippen molar-refractivity contribution in [3.8, 4) is 22.5 Å². The van der Waals surface area contributed by atoms with Crippen LogP contribution in [0.2, 0.25) is 0 Å². The number of fused-ring (bicyclic) bond motifs is 4. The van der Waals surface area contributed by atoms with Crippen molar-refractivity contribution < 1.29 is 24.5 Å². The second kappa shape index (κ2) is 22.8. The lowest BCUT2D eigenvalue weighted by molar-refractivity contribution is 0.0510. The van der Waals surface area contributed by atoms with Gasteiger partial charge in [0.05, 0.1) is 36.7 Å². The molecular formula is C48H72Cl2N4O5. The Balaban J connectivity index is 0.000000387. The highest BCUT2D eigenvalue weighted by Crippen LogP contribution is 2.45. The van der Waals surface area contributed by atoms with Crippen LogP contribution in [0.3, 0.4) is 0 Å². The van der Waals surface area contributed by atoms with Crippen LogP contribution in [0, 0.1) is 13.8 Å². The third-order valence-corrected chi connectivity index (χ3v) is 12.6. The van der Waals surface area contributed by atoms with Gasteiger partial charge >= 0.3 is 11.9 Å². The van der Waals surface area contributed by atoms with Crippen LogP contribution in [0.25, 0.3) is 33.7 Å². The van der Waals surface area contributed by atoms with Gasteiger partial charge in [-0.15, -0.1) is 24.8 Å². The smallest absolute Gasteiger partial charge is 0.357 e. The highest BCUT2D eigenvalue weighted by Gasteiger charge is 2.33. The second-order valence-corrected chi connectivity index (χ2v) is 16.1. The van der Waals surface area contributed by atoms with Crippen molar-refractivity contribution in [3.05, 3.63) is 68.6 Å². The quantitative estimate of drug-likeness (QED) is 0.0817. The predicted molar refractivity (Wildman–Crippen MR) is 248 cm³/mol. The molecule has 0 bridgehead atoms. The summed E-state index contributed by atoms with van der Waals surface area (Å²) in [6.07, 6.45) is 14.6. The number of aromatic nitrogens is 4. The number of pyridine rings is 2. The van der Waals surface area contributed by atoms with Crippen LogP contribution in [0.1, 0.15) is 200 Å². The van der Waals surface area contributed by atoms with E-state index in [0.717, 1.165) is 46.5 Å². The molecular weight excluding hydrogens is 783 g/mol. The Morgan fingerprint density at radius 1 is 0.576 bits per heavy atom. The molecule has 2 atom stereocenters. The van der Waals surface area contributed by atoms with Crippen molar-refractivity contribution in [1.82, 2.24) is 19.1 Å². The van der Waals surface area contributed by atoms with E-state index in [1.54, 1.807) is 0 Å². The lowest BCUT2D eigenvalue weighted by atomic mass is 9.98. The molecule has 0 aromatic rings. The number of hydrogen-bond donors (Lipinski definition) is 0. The number of rotatable bonds is 16. The molecule has 2 N–H and O–H groups in total. The summed E-state index contributed by atoms with van der Waals surface area (Å²) in [6, 6.07) is 5.03. The summed E-state index contributed by atoms with van der Waals surface area (Å²) >= 11 is 0. The van der Waals surface area contributed by atoms with E-state index in [1.807, 2.05) is 27.7 Å². The molecule has 0 aromatic carbocycles. The molecule has 59 heavy (non-hydrogen) atoms. The number of nitrogens with zero attached hydrogens (tertiary/aromatic N) is 4. The molecule has 0 radical (unpaired) electrons. The number of carbonyl (C=O) groups is 2. The molecule has 0 aliphatic carbocycles. The van der Waals surface area contributed by atoms with Crippen LogP contribution >= 0.6 is 24.8 Å². The van der Waals surface area contributed by atoms with E-state index in [-0.39, 0.29) is 42.2 Å². The lowest BCUT2D eigenvalue weighted by Gasteiger charge is -2.22. The highest BCUT2D eigenvalue weighted by atomic mass is 35.5. The first-order valence-corrected chi connectivity index (χ1v) is 21.6. The topological polar surface area (TPSA) is 120 Å². The average molecular weight is 856 g/mol. The van der Waals surface area contributed by atoms with E-state index in [1.165, 1.54) is 109 Å². The number of hydrogen-bond acceptors (Lipinski definition) is 6. The maximum atomic E-state index is 12.4. The SMILES string of the molecule is CCCCCCCc1c2c(C)c(C(=O)OCC)nc-2cc2n1C(C)C(C)=C2C.CCCCCCCc1c2c(C)c(C(=O)OCC)nc-2cc2n1C(C)C(C)=C2C.Cl.Cl.O. The van der Waals surface area contributed by atoms with E-state index >= 15 is 0 Å². The third-order valence-electron chi connectivity index (χ3n) is 12.6. The maximum Gasteiger partial charge on any atom is 0.357 e. The molecule has 11 heteroatoms. The van der Waals surface area contributed by atoms with Gasteiger partial charge in [0.15, 0.2) is 11.4 Å². The van der Waals surface area contributed by atoms with Gasteiger partial charge in [-0.2, -0.15) is 0 Å². The Bertz CT molecular complexity index is 1910. The van der Waals surface area contributed by atoms with E-state index in [4.69, 9.17) is 19.4 Å². The Morgan fingerprint density at radius 3 is 1.24 bits per heavy atom. The number of halogens is 2. The van der Waals surface area contributed by atoms with Crippen LogP contribution in [-0.4, -0.2) is 49.7 Å². The van der Waals surface area contributed by atoms with Gasteiger partial charge in [-0.3, -0.25) is 0 Å². The number of unbranched alkanes of at least 4 members (excludes halogenated alkanes) is 8. The van der Waals surface area contributed by atoms with Crippen LogP contribution in [0.5, 0.6) is 0 Å². The van der Waals surface area contributed by atoms with Crippen LogP contribution in [0.4, 0.5) is 0 Å². The largest absolute Gasteiger partial charge is 0.461 e. The predicted octanol–water partition coefficient (Wildman–Crippen LogP) is 12.7. The molecule has 2 unspecified atom stereocenters.